The summed E-state index contributed by atoms with van der Waals surface area (Å²) >= 11 is 0. The second-order valence-corrected chi connectivity index (χ2v) is 3.95. The number of anilines is 1. The Morgan fingerprint density at radius 1 is 1.33 bits per heavy atom. The minimum absolute atomic E-state index is 0.0241. The number of benzene rings is 1. The fourth-order valence-corrected chi connectivity index (χ4v) is 1.43. The maximum Gasteiger partial charge on any atom is 0.471 e. The van der Waals surface area contributed by atoms with Gasteiger partial charge in [0.05, 0.1) is 4.92 Å². The molecule has 21 heavy (non-hydrogen) atoms. The standard InChI is InChI=1S/C11H9F3N2O5/c12-11(13,14)10(19)15-7-3-1-6(2-4-9(17)18)5-8(7)16(20)21/h1,3,5H,2,4H2,(H,15,19)(H,17,18). The van der Waals surface area contributed by atoms with Crippen molar-refractivity contribution in [2.24, 2.45) is 0 Å². The third-order valence-corrected chi connectivity index (χ3v) is 2.39. The van der Waals surface area contributed by atoms with Gasteiger partial charge < -0.3 is 10.4 Å². The predicted octanol–water partition coefficient (Wildman–Crippen LogP) is 2.11. The van der Waals surface area contributed by atoms with Crippen molar-refractivity contribution in [3.63, 3.8) is 0 Å². The van der Waals surface area contributed by atoms with E-state index in [9.17, 15) is 32.9 Å². The molecule has 0 bridgehead atoms. The van der Waals surface area contributed by atoms with Crippen LogP contribution in [-0.4, -0.2) is 28.1 Å². The van der Waals surface area contributed by atoms with Crippen molar-refractivity contribution < 1.29 is 32.8 Å². The highest BCUT2D eigenvalue weighted by molar-refractivity contribution is 5.96. The molecule has 114 valence electrons. The van der Waals surface area contributed by atoms with Crippen LogP contribution in [0.5, 0.6) is 0 Å². The summed E-state index contributed by atoms with van der Waals surface area (Å²) in [4.78, 5) is 31.0. The van der Waals surface area contributed by atoms with Crippen LogP contribution in [0.3, 0.4) is 0 Å². The lowest BCUT2D eigenvalue weighted by Gasteiger charge is -2.09. The van der Waals surface area contributed by atoms with Gasteiger partial charge in [0.25, 0.3) is 5.69 Å². The number of carboxylic acid groups (broad SMARTS) is 1. The first-order chi connectivity index (χ1) is 9.61. The number of nitrogens with zero attached hydrogens (tertiary/aromatic N) is 1. The molecule has 7 nitrogen and oxygen atoms in total. The van der Waals surface area contributed by atoms with E-state index in [2.05, 4.69) is 0 Å². The zero-order valence-electron chi connectivity index (χ0n) is 10.3. The first-order valence-corrected chi connectivity index (χ1v) is 5.48. The molecule has 0 aliphatic heterocycles. The van der Waals surface area contributed by atoms with E-state index in [4.69, 9.17) is 5.11 Å². The van der Waals surface area contributed by atoms with Crippen LogP contribution in [0, 0.1) is 10.1 Å². The van der Waals surface area contributed by atoms with E-state index in [1.807, 2.05) is 0 Å². The summed E-state index contributed by atoms with van der Waals surface area (Å²) in [7, 11) is 0. The summed E-state index contributed by atoms with van der Waals surface area (Å²) in [5.74, 6) is -3.45. The zero-order chi connectivity index (χ0) is 16.2. The van der Waals surface area contributed by atoms with Gasteiger partial charge in [0.2, 0.25) is 0 Å². The van der Waals surface area contributed by atoms with Crippen LogP contribution in [0.25, 0.3) is 0 Å². The van der Waals surface area contributed by atoms with Crippen molar-refractivity contribution in [3.05, 3.63) is 33.9 Å². The Bertz CT molecular complexity index is 586. The molecule has 1 aromatic rings. The Kier molecular flexibility index (Phi) is 4.84. The van der Waals surface area contributed by atoms with Gasteiger partial charge >= 0.3 is 18.1 Å². The normalized spacial score (nSPS) is 11.0. The first kappa shape index (κ1) is 16.4. The Morgan fingerprint density at radius 2 is 1.95 bits per heavy atom. The van der Waals surface area contributed by atoms with E-state index < -0.39 is 34.4 Å². The van der Waals surface area contributed by atoms with E-state index >= 15 is 0 Å². The third-order valence-electron chi connectivity index (χ3n) is 2.39. The molecule has 0 fully saturated rings. The second kappa shape index (κ2) is 6.20. The van der Waals surface area contributed by atoms with Crippen molar-refractivity contribution in [2.75, 3.05) is 5.32 Å². The van der Waals surface area contributed by atoms with E-state index in [0.29, 0.717) is 0 Å². The van der Waals surface area contributed by atoms with E-state index in [1.54, 1.807) is 0 Å². The molecule has 2 N–H and O–H groups in total. The van der Waals surface area contributed by atoms with E-state index in [-0.39, 0.29) is 18.4 Å². The number of nitrogens with one attached hydrogen (secondary N) is 1. The molecule has 0 spiro atoms. The van der Waals surface area contributed by atoms with Gasteiger partial charge in [-0.15, -0.1) is 0 Å². The van der Waals surface area contributed by atoms with Gasteiger partial charge in [-0.2, -0.15) is 13.2 Å². The van der Waals surface area contributed by atoms with Crippen LogP contribution in [0.2, 0.25) is 0 Å². The summed E-state index contributed by atoms with van der Waals surface area (Å²) in [6.07, 6.45) is -5.48. The van der Waals surface area contributed by atoms with Gasteiger partial charge in [-0.3, -0.25) is 19.7 Å². The molecule has 1 aromatic carbocycles. The average Bonchev–Trinajstić information content (AvgIpc) is 2.35. The summed E-state index contributed by atoms with van der Waals surface area (Å²) in [5.41, 5.74) is -1.09. The molecule has 0 aromatic heterocycles. The number of alkyl halides is 3. The van der Waals surface area contributed by atoms with Crippen LogP contribution in [0.15, 0.2) is 18.2 Å². The number of carbonyl (C=O) groups is 2. The van der Waals surface area contributed by atoms with Gasteiger partial charge in [-0.05, 0) is 18.1 Å². The summed E-state index contributed by atoms with van der Waals surface area (Å²) in [6, 6.07) is 3.07. The first-order valence-electron chi connectivity index (χ1n) is 5.48. The minimum atomic E-state index is -5.17. The Hall–Kier alpha value is -2.65. The van der Waals surface area contributed by atoms with Crippen molar-refractivity contribution in [1.29, 1.82) is 0 Å². The largest absolute Gasteiger partial charge is 0.481 e. The lowest BCUT2D eigenvalue weighted by atomic mass is 10.1. The molecule has 0 radical (unpaired) electrons. The van der Waals surface area contributed by atoms with Crippen molar-refractivity contribution in [1.82, 2.24) is 0 Å². The average molecular weight is 306 g/mol. The smallest absolute Gasteiger partial charge is 0.471 e. The molecule has 0 aliphatic carbocycles. The number of aliphatic carboxylic acids is 1. The quantitative estimate of drug-likeness (QED) is 0.639. The van der Waals surface area contributed by atoms with E-state index in [1.165, 1.54) is 11.4 Å². The van der Waals surface area contributed by atoms with E-state index in [0.717, 1.165) is 12.1 Å². The number of nitro benzene ring substituents is 1. The summed E-state index contributed by atoms with van der Waals surface area (Å²) in [6.45, 7) is 0. The van der Waals surface area contributed by atoms with Gasteiger partial charge in [0.15, 0.2) is 0 Å². The van der Waals surface area contributed by atoms with Crippen LogP contribution in [-0.2, 0) is 16.0 Å². The van der Waals surface area contributed by atoms with Gasteiger partial charge in [-0.1, -0.05) is 6.07 Å². The van der Waals surface area contributed by atoms with Gasteiger partial charge in [0.1, 0.15) is 5.69 Å². The fourth-order valence-electron chi connectivity index (χ4n) is 1.43. The molecule has 10 heteroatoms. The number of carbonyl (C=O) groups excluding carboxylic acids is 1. The number of hydrogen-bond acceptors (Lipinski definition) is 4. The van der Waals surface area contributed by atoms with Gasteiger partial charge in [0, 0.05) is 12.5 Å². The number of halogens is 3. The predicted molar refractivity (Wildman–Crippen MR) is 63.7 cm³/mol. The number of amides is 1. The molecular formula is C11H9F3N2O5. The van der Waals surface area contributed by atoms with Crippen LogP contribution >= 0.6 is 0 Å². The lowest BCUT2D eigenvalue weighted by Crippen LogP contribution is -2.30. The lowest BCUT2D eigenvalue weighted by molar-refractivity contribution is -0.384. The van der Waals surface area contributed by atoms with Crippen molar-refractivity contribution in [3.8, 4) is 0 Å². The van der Waals surface area contributed by atoms with Crippen molar-refractivity contribution in [2.45, 2.75) is 19.0 Å². The van der Waals surface area contributed by atoms with Gasteiger partial charge in [-0.25, -0.2) is 0 Å². The molecule has 0 unspecified atom stereocenters. The number of hydrogen-bond donors (Lipinski definition) is 2. The molecule has 1 rings (SSSR count). The summed E-state index contributed by atoms with van der Waals surface area (Å²) < 4.78 is 36.3. The SMILES string of the molecule is O=C(O)CCc1ccc(NC(=O)C(F)(F)F)c([N+](=O)[O-])c1. The summed E-state index contributed by atoms with van der Waals surface area (Å²) in [5, 5.41) is 20.7. The molecule has 0 aliphatic rings. The highest BCUT2D eigenvalue weighted by atomic mass is 19.4. The monoisotopic (exact) mass is 306 g/mol. The molecule has 0 atom stereocenters. The second-order valence-electron chi connectivity index (χ2n) is 3.95. The molecule has 0 saturated heterocycles. The van der Waals surface area contributed by atoms with Crippen molar-refractivity contribution >= 4 is 23.3 Å². The third kappa shape index (κ3) is 4.75. The number of rotatable bonds is 5. The Balaban J connectivity index is 3.02. The zero-order valence-corrected chi connectivity index (χ0v) is 10.3. The number of carboxylic acids is 1. The fraction of sp³-hybridized carbons (Fsp3) is 0.273. The highest BCUT2D eigenvalue weighted by Crippen LogP contribution is 2.28. The topological polar surface area (TPSA) is 110 Å². The van der Waals surface area contributed by atoms with Crippen LogP contribution in [0.1, 0.15) is 12.0 Å². The maximum absolute atomic E-state index is 12.1. The van der Waals surface area contributed by atoms with Crippen LogP contribution < -0.4 is 5.32 Å². The highest BCUT2D eigenvalue weighted by Gasteiger charge is 2.39. The Morgan fingerprint density at radius 3 is 2.43 bits per heavy atom. The minimum Gasteiger partial charge on any atom is -0.481 e. The molecule has 0 saturated carbocycles. The number of aryl methyl sites for hydroxylation is 1. The Labute approximate surface area is 115 Å². The molecular weight excluding hydrogens is 297 g/mol. The maximum atomic E-state index is 12.1. The van der Waals surface area contributed by atoms with Crippen LogP contribution in [0.4, 0.5) is 24.5 Å². The molecule has 0 heterocycles. The number of nitro groups is 1. The molecule has 1 amide bonds.